The standard InChI is InChI=1S/2C26H37NP.Fe/c2*1-27(2)26(21-13-6-3-7-14-21)24-19-12-20-25(24)28(22-15-8-4-9-16-22)23-17-10-5-11-18-23;/h2*3,6-7,12-14,19-20,22-23,26H,4-5,8-11,15-18H2,1-2H3;/q2*-1;+2/t2*26-;/m00./s1. The molecule has 0 aliphatic heterocycles. The second kappa shape index (κ2) is 22.9. The van der Waals surface area contributed by atoms with Gasteiger partial charge in [-0.15, -0.1) is 10.6 Å². The summed E-state index contributed by atoms with van der Waals surface area (Å²) in [7, 11) is 8.89. The van der Waals surface area contributed by atoms with Crippen molar-refractivity contribution in [3.63, 3.8) is 0 Å². The van der Waals surface area contributed by atoms with Crippen LogP contribution in [0.2, 0.25) is 0 Å². The molecular formula is C52H74FeN2P2. The van der Waals surface area contributed by atoms with Crippen LogP contribution in [-0.2, 0) is 17.1 Å². The summed E-state index contributed by atoms with van der Waals surface area (Å²) in [6.07, 6.45) is 29.3. The molecule has 0 N–H and O–H groups in total. The van der Waals surface area contributed by atoms with E-state index in [4.69, 9.17) is 0 Å². The van der Waals surface area contributed by atoms with Gasteiger partial charge in [0.15, 0.2) is 0 Å². The molecule has 0 saturated heterocycles. The largest absolute Gasteiger partial charge is 2.00 e. The first-order valence-electron chi connectivity index (χ1n) is 23.0. The quantitative estimate of drug-likeness (QED) is 0.0796. The molecule has 0 aromatic heterocycles. The molecule has 4 aromatic carbocycles. The fourth-order valence-corrected chi connectivity index (χ4v) is 19.3. The Labute approximate surface area is 362 Å². The molecule has 0 bridgehead atoms. The molecule has 0 radical (unpaired) electrons. The topological polar surface area (TPSA) is 6.48 Å². The molecule has 4 aliphatic carbocycles. The molecule has 4 aromatic rings. The van der Waals surface area contributed by atoms with Crippen molar-refractivity contribution in [2.75, 3.05) is 28.2 Å². The van der Waals surface area contributed by atoms with E-state index in [9.17, 15) is 0 Å². The SMILES string of the molecule is CN(C)[C@@H](c1ccccc1)c1cc[cH-]c1P(C1CCCCC1)C1CCCCC1.CN(C)[C@@H](c1ccccc1)c1cc[cH-]c1P(C1CCCCC1)C1CCCCC1.[Fe+2]. The summed E-state index contributed by atoms with van der Waals surface area (Å²) in [6.45, 7) is 0. The fourth-order valence-electron chi connectivity index (χ4n) is 11.4. The molecule has 57 heavy (non-hydrogen) atoms. The van der Waals surface area contributed by atoms with Gasteiger partial charge in [-0.25, -0.2) is 12.1 Å². The molecule has 4 aliphatic rings. The summed E-state index contributed by atoms with van der Waals surface area (Å²) < 4.78 is 0. The van der Waals surface area contributed by atoms with E-state index in [0.717, 1.165) is 22.6 Å². The zero-order chi connectivity index (χ0) is 38.7. The number of hydrogen-bond donors (Lipinski definition) is 0. The Bertz CT molecular complexity index is 1510. The summed E-state index contributed by atoms with van der Waals surface area (Å²) in [4.78, 5) is 4.84. The molecule has 8 rings (SSSR count). The van der Waals surface area contributed by atoms with Crippen molar-refractivity contribution >= 4 is 26.5 Å². The molecule has 2 atom stereocenters. The van der Waals surface area contributed by atoms with Crippen molar-refractivity contribution in [2.45, 2.75) is 163 Å². The van der Waals surface area contributed by atoms with Gasteiger partial charge in [0.1, 0.15) is 0 Å². The smallest absolute Gasteiger partial charge is 0.310 e. The van der Waals surface area contributed by atoms with Crippen LogP contribution in [0, 0.1) is 0 Å². The minimum atomic E-state index is -0.0501. The van der Waals surface area contributed by atoms with Crippen LogP contribution in [0.15, 0.2) is 97.1 Å². The first-order valence-corrected chi connectivity index (χ1v) is 26.0. The summed E-state index contributed by atoms with van der Waals surface area (Å²) >= 11 is 0. The third-order valence-electron chi connectivity index (χ3n) is 13.9. The van der Waals surface area contributed by atoms with Gasteiger partial charge in [-0.3, -0.25) is 0 Å². The Balaban J connectivity index is 0.000000189. The molecule has 5 heteroatoms. The summed E-state index contributed by atoms with van der Waals surface area (Å²) in [5, 5.41) is 3.49. The maximum Gasteiger partial charge on any atom is 2.00 e. The van der Waals surface area contributed by atoms with Gasteiger partial charge >= 0.3 is 17.1 Å². The van der Waals surface area contributed by atoms with Crippen LogP contribution in [-0.4, -0.2) is 60.6 Å². The minimum Gasteiger partial charge on any atom is -0.310 e. The molecule has 310 valence electrons. The Hall–Kier alpha value is -1.56. The second-order valence-corrected chi connectivity index (χ2v) is 23.8. The van der Waals surface area contributed by atoms with E-state index in [0.29, 0.717) is 12.1 Å². The first kappa shape index (κ1) is 45.0. The van der Waals surface area contributed by atoms with Crippen LogP contribution < -0.4 is 10.6 Å². The van der Waals surface area contributed by atoms with Crippen LogP contribution in [0.3, 0.4) is 0 Å². The van der Waals surface area contributed by atoms with Crippen molar-refractivity contribution in [1.29, 1.82) is 0 Å². The predicted molar refractivity (Wildman–Crippen MR) is 249 cm³/mol. The van der Waals surface area contributed by atoms with Crippen molar-refractivity contribution in [1.82, 2.24) is 9.80 Å². The molecule has 4 saturated carbocycles. The normalized spacial score (nSPS) is 20.4. The third kappa shape index (κ3) is 11.4. The van der Waals surface area contributed by atoms with Gasteiger partial charge in [0.2, 0.25) is 0 Å². The van der Waals surface area contributed by atoms with Gasteiger partial charge in [-0.2, -0.15) is 35.4 Å². The van der Waals surface area contributed by atoms with E-state index in [1.54, 1.807) is 21.7 Å². The van der Waals surface area contributed by atoms with Crippen LogP contribution in [0.1, 0.15) is 163 Å². The van der Waals surface area contributed by atoms with Gasteiger partial charge in [0, 0.05) is 12.1 Å². The van der Waals surface area contributed by atoms with E-state index in [2.05, 4.69) is 135 Å². The van der Waals surface area contributed by atoms with E-state index >= 15 is 0 Å². The molecule has 4 fully saturated rings. The average Bonchev–Trinajstić information content (AvgIpc) is 3.91. The van der Waals surface area contributed by atoms with E-state index in [-0.39, 0.29) is 32.9 Å². The monoisotopic (exact) mass is 844 g/mol. The van der Waals surface area contributed by atoms with Crippen LogP contribution >= 0.6 is 15.8 Å². The van der Waals surface area contributed by atoms with Crippen molar-refractivity contribution in [2.24, 2.45) is 0 Å². The van der Waals surface area contributed by atoms with E-state index in [1.807, 2.05) is 0 Å². The molecule has 0 unspecified atom stereocenters. The predicted octanol–water partition coefficient (Wildman–Crippen LogP) is 13.7. The molecule has 0 heterocycles. The van der Waals surface area contributed by atoms with E-state index in [1.165, 1.54) is 140 Å². The van der Waals surface area contributed by atoms with Crippen molar-refractivity contribution in [3.05, 3.63) is 119 Å². The first-order chi connectivity index (χ1) is 27.5. The molecule has 0 amide bonds. The Morgan fingerprint density at radius 2 is 0.702 bits per heavy atom. The Morgan fingerprint density at radius 3 is 0.965 bits per heavy atom. The minimum absolute atomic E-state index is 0. The number of nitrogens with zero attached hydrogens (tertiary/aromatic N) is 2. The van der Waals surface area contributed by atoms with E-state index < -0.39 is 0 Å². The second-order valence-electron chi connectivity index (χ2n) is 18.3. The number of rotatable bonds is 12. The summed E-state index contributed by atoms with van der Waals surface area (Å²) in [5.74, 6) is 0. The fraction of sp³-hybridized carbons (Fsp3) is 0.577. The summed E-state index contributed by atoms with van der Waals surface area (Å²) in [5.41, 5.74) is 9.91. The maximum atomic E-state index is 2.52. The van der Waals surface area contributed by atoms with Crippen molar-refractivity contribution < 1.29 is 17.1 Å². The van der Waals surface area contributed by atoms with Crippen molar-refractivity contribution in [3.8, 4) is 0 Å². The van der Waals surface area contributed by atoms with Gasteiger partial charge < -0.3 is 9.80 Å². The summed E-state index contributed by atoms with van der Waals surface area (Å²) in [6, 6.07) is 37.7. The molecule has 0 spiro atoms. The zero-order valence-electron chi connectivity index (χ0n) is 36.0. The van der Waals surface area contributed by atoms with Crippen LogP contribution in [0.4, 0.5) is 0 Å². The third-order valence-corrected chi connectivity index (χ3v) is 21.1. The molecule has 2 nitrogen and oxygen atoms in total. The zero-order valence-corrected chi connectivity index (χ0v) is 38.9. The molecular weight excluding hydrogens is 770 g/mol. The van der Waals surface area contributed by atoms with Crippen LogP contribution in [0.5, 0.6) is 0 Å². The Kier molecular flexibility index (Phi) is 18.1. The number of hydrogen-bond acceptors (Lipinski definition) is 2. The number of benzene rings is 2. The van der Waals surface area contributed by atoms with Crippen LogP contribution in [0.25, 0.3) is 0 Å². The van der Waals surface area contributed by atoms with Gasteiger partial charge in [0.05, 0.1) is 0 Å². The van der Waals surface area contributed by atoms with Gasteiger partial charge in [-0.1, -0.05) is 154 Å². The average molecular weight is 845 g/mol. The van der Waals surface area contributed by atoms with Gasteiger partial charge in [-0.05, 0) is 113 Å². The maximum absolute atomic E-state index is 2.52. The Morgan fingerprint density at radius 1 is 0.421 bits per heavy atom. The van der Waals surface area contributed by atoms with Gasteiger partial charge in [0.25, 0.3) is 0 Å².